The van der Waals surface area contributed by atoms with Gasteiger partial charge in [0.15, 0.2) is 0 Å². The molecule has 0 fully saturated rings. The van der Waals surface area contributed by atoms with Crippen LogP contribution in [0.5, 0.6) is 5.75 Å². The molecule has 0 aromatic heterocycles. The molecule has 2 aromatic rings. The summed E-state index contributed by atoms with van der Waals surface area (Å²) in [6, 6.07) is 7.82. The van der Waals surface area contributed by atoms with Gasteiger partial charge in [-0.15, -0.1) is 0 Å². The fraction of sp³-hybridized carbons (Fsp3) is 0.188. The molecule has 0 unspecified atom stereocenters. The van der Waals surface area contributed by atoms with Gasteiger partial charge in [0, 0.05) is 10.6 Å². The number of halogens is 3. The van der Waals surface area contributed by atoms with E-state index in [1.807, 2.05) is 6.92 Å². The Hall–Kier alpha value is -1.62. The average molecular weight is 374 g/mol. The maximum absolute atomic E-state index is 12.3. The van der Waals surface area contributed by atoms with Crippen LogP contribution < -0.4 is 15.8 Å². The van der Waals surface area contributed by atoms with Crippen LogP contribution in [-0.2, 0) is 0 Å². The van der Waals surface area contributed by atoms with Crippen LogP contribution in [-0.4, -0.2) is 12.5 Å². The Morgan fingerprint density at radius 2 is 1.83 bits per heavy atom. The van der Waals surface area contributed by atoms with Gasteiger partial charge in [-0.2, -0.15) is 0 Å². The third-order valence-corrected chi connectivity index (χ3v) is 3.79. The van der Waals surface area contributed by atoms with Crippen LogP contribution in [0.1, 0.15) is 23.7 Å². The van der Waals surface area contributed by atoms with Crippen molar-refractivity contribution in [1.82, 2.24) is 0 Å². The van der Waals surface area contributed by atoms with E-state index in [9.17, 15) is 4.79 Å². The summed E-state index contributed by atoms with van der Waals surface area (Å²) in [6.07, 6.45) is 0.870. The molecule has 23 heavy (non-hydrogen) atoms. The zero-order valence-corrected chi connectivity index (χ0v) is 14.6. The van der Waals surface area contributed by atoms with Crippen molar-refractivity contribution in [1.29, 1.82) is 0 Å². The zero-order chi connectivity index (χ0) is 17.0. The van der Waals surface area contributed by atoms with Crippen LogP contribution in [0.15, 0.2) is 30.3 Å². The molecule has 0 radical (unpaired) electrons. The minimum atomic E-state index is -0.384. The average Bonchev–Trinajstić information content (AvgIpc) is 2.49. The number of anilines is 2. The molecule has 0 aliphatic rings. The summed E-state index contributed by atoms with van der Waals surface area (Å²) in [7, 11) is 0. The highest BCUT2D eigenvalue weighted by atomic mass is 35.5. The van der Waals surface area contributed by atoms with Crippen molar-refractivity contribution in [2.45, 2.75) is 13.3 Å². The van der Waals surface area contributed by atoms with Gasteiger partial charge >= 0.3 is 0 Å². The molecule has 0 atom stereocenters. The van der Waals surface area contributed by atoms with Crippen molar-refractivity contribution in [2.75, 3.05) is 17.7 Å². The van der Waals surface area contributed by atoms with E-state index in [0.717, 1.165) is 6.42 Å². The first-order valence-electron chi connectivity index (χ1n) is 6.90. The zero-order valence-electron chi connectivity index (χ0n) is 12.3. The van der Waals surface area contributed by atoms with Gasteiger partial charge in [0.25, 0.3) is 5.91 Å². The molecular weight excluding hydrogens is 359 g/mol. The Kier molecular flexibility index (Phi) is 5.99. The monoisotopic (exact) mass is 372 g/mol. The van der Waals surface area contributed by atoms with Crippen LogP contribution in [0.25, 0.3) is 0 Å². The summed E-state index contributed by atoms with van der Waals surface area (Å²) < 4.78 is 5.48. The molecule has 1 amide bonds. The molecule has 0 aliphatic carbocycles. The number of nitrogen functional groups attached to an aromatic ring is 1. The maximum atomic E-state index is 12.3. The highest BCUT2D eigenvalue weighted by molar-refractivity contribution is 6.42. The van der Waals surface area contributed by atoms with Crippen molar-refractivity contribution in [3.05, 3.63) is 51.0 Å². The number of hydrogen-bond acceptors (Lipinski definition) is 3. The van der Waals surface area contributed by atoms with E-state index in [2.05, 4.69) is 5.32 Å². The molecular formula is C16H15Cl3N2O2. The van der Waals surface area contributed by atoms with Gasteiger partial charge in [-0.1, -0.05) is 41.7 Å². The molecule has 122 valence electrons. The van der Waals surface area contributed by atoms with Crippen molar-refractivity contribution in [2.24, 2.45) is 0 Å². The SMILES string of the molecule is CCCOc1ccc(C(=O)Nc2c(Cl)cc(Cl)cc2Cl)cc1N. The summed E-state index contributed by atoms with van der Waals surface area (Å²) in [5, 5.41) is 3.56. The van der Waals surface area contributed by atoms with Crippen molar-refractivity contribution in [3.63, 3.8) is 0 Å². The Morgan fingerprint density at radius 1 is 1.17 bits per heavy atom. The highest BCUT2D eigenvalue weighted by Gasteiger charge is 2.14. The highest BCUT2D eigenvalue weighted by Crippen LogP contribution is 2.34. The lowest BCUT2D eigenvalue weighted by atomic mass is 10.1. The third-order valence-electron chi connectivity index (χ3n) is 2.98. The normalized spacial score (nSPS) is 10.4. The smallest absolute Gasteiger partial charge is 0.255 e. The summed E-state index contributed by atoms with van der Waals surface area (Å²) in [5.74, 6) is 0.163. The second kappa shape index (κ2) is 7.77. The van der Waals surface area contributed by atoms with Gasteiger partial charge in [0.05, 0.1) is 28.0 Å². The minimum absolute atomic E-state index is 0.256. The van der Waals surface area contributed by atoms with E-state index in [0.29, 0.717) is 34.3 Å². The lowest BCUT2D eigenvalue weighted by molar-refractivity contribution is 0.102. The van der Waals surface area contributed by atoms with Crippen LogP contribution >= 0.6 is 34.8 Å². The number of rotatable bonds is 5. The molecule has 0 saturated carbocycles. The van der Waals surface area contributed by atoms with Gasteiger partial charge in [-0.3, -0.25) is 4.79 Å². The number of benzene rings is 2. The number of hydrogen-bond donors (Lipinski definition) is 2. The number of ether oxygens (including phenoxy) is 1. The van der Waals surface area contributed by atoms with Crippen LogP contribution in [0.2, 0.25) is 15.1 Å². The topological polar surface area (TPSA) is 64.3 Å². The number of carbonyl (C=O) groups is 1. The Labute approximate surface area is 149 Å². The van der Waals surface area contributed by atoms with Crippen molar-refractivity contribution in [3.8, 4) is 5.75 Å². The van der Waals surface area contributed by atoms with E-state index >= 15 is 0 Å². The first kappa shape index (κ1) is 17.7. The standard InChI is InChI=1S/C16H15Cl3N2O2/c1-2-5-23-14-4-3-9(6-13(14)20)16(22)21-15-11(18)7-10(17)8-12(15)19/h3-4,6-8H,2,5,20H2,1H3,(H,21,22). The second-order valence-corrected chi connectivity index (χ2v) is 6.05. The van der Waals surface area contributed by atoms with E-state index in [1.165, 1.54) is 18.2 Å². The quantitative estimate of drug-likeness (QED) is 0.702. The lowest BCUT2D eigenvalue weighted by Crippen LogP contribution is -2.13. The molecule has 7 heteroatoms. The van der Waals surface area contributed by atoms with E-state index in [4.69, 9.17) is 45.3 Å². The van der Waals surface area contributed by atoms with Crippen LogP contribution in [0.4, 0.5) is 11.4 Å². The molecule has 0 bridgehead atoms. The van der Waals surface area contributed by atoms with E-state index in [-0.39, 0.29) is 16.0 Å². The van der Waals surface area contributed by atoms with Gasteiger partial charge < -0.3 is 15.8 Å². The number of nitrogens with one attached hydrogen (secondary N) is 1. The van der Waals surface area contributed by atoms with E-state index < -0.39 is 0 Å². The second-order valence-electron chi connectivity index (χ2n) is 4.80. The Balaban J connectivity index is 2.20. The first-order valence-corrected chi connectivity index (χ1v) is 8.04. The summed E-state index contributed by atoms with van der Waals surface area (Å²) >= 11 is 17.9. The molecule has 3 N–H and O–H groups in total. The van der Waals surface area contributed by atoms with E-state index in [1.54, 1.807) is 12.1 Å². The largest absolute Gasteiger partial charge is 0.491 e. The van der Waals surface area contributed by atoms with Crippen LogP contribution in [0.3, 0.4) is 0 Å². The van der Waals surface area contributed by atoms with Gasteiger partial charge in [-0.25, -0.2) is 0 Å². The Bertz CT molecular complexity index is 712. The summed E-state index contributed by atoms with van der Waals surface area (Å²) in [5.41, 5.74) is 6.95. The van der Waals surface area contributed by atoms with Crippen molar-refractivity contribution < 1.29 is 9.53 Å². The molecule has 0 aliphatic heterocycles. The predicted octanol–water partition coefficient (Wildman–Crippen LogP) is 5.27. The molecule has 4 nitrogen and oxygen atoms in total. The number of nitrogens with two attached hydrogens (primary N) is 1. The predicted molar refractivity (Wildman–Crippen MR) is 96.1 cm³/mol. The fourth-order valence-corrected chi connectivity index (χ4v) is 2.79. The first-order chi connectivity index (χ1) is 10.9. The molecule has 0 saturated heterocycles. The Morgan fingerprint density at radius 3 is 2.39 bits per heavy atom. The fourth-order valence-electron chi connectivity index (χ4n) is 1.88. The molecule has 2 aromatic carbocycles. The van der Waals surface area contributed by atoms with Crippen molar-refractivity contribution >= 4 is 52.1 Å². The van der Waals surface area contributed by atoms with Gasteiger partial charge in [0.2, 0.25) is 0 Å². The molecule has 0 spiro atoms. The summed E-state index contributed by atoms with van der Waals surface area (Å²) in [6.45, 7) is 2.56. The minimum Gasteiger partial charge on any atom is -0.491 e. The maximum Gasteiger partial charge on any atom is 0.255 e. The van der Waals surface area contributed by atoms with Gasteiger partial charge in [0.1, 0.15) is 5.75 Å². The van der Waals surface area contributed by atoms with Gasteiger partial charge in [-0.05, 0) is 36.8 Å². The lowest BCUT2D eigenvalue weighted by Gasteiger charge is -2.12. The number of carbonyl (C=O) groups excluding carboxylic acids is 1. The number of amides is 1. The van der Waals surface area contributed by atoms with Crippen LogP contribution in [0, 0.1) is 0 Å². The molecule has 2 rings (SSSR count). The summed E-state index contributed by atoms with van der Waals surface area (Å²) in [4.78, 5) is 12.3. The third kappa shape index (κ3) is 4.44. The molecule has 0 heterocycles.